The van der Waals surface area contributed by atoms with Gasteiger partial charge in [-0.15, -0.1) is 5.10 Å². The van der Waals surface area contributed by atoms with E-state index in [0.29, 0.717) is 32.1 Å². The molecule has 0 bridgehead atoms. The van der Waals surface area contributed by atoms with Crippen molar-refractivity contribution in [3.8, 4) is 0 Å². The fraction of sp³-hybridized carbons (Fsp3) is 0.643. The van der Waals surface area contributed by atoms with Crippen molar-refractivity contribution >= 4 is 17.7 Å². The lowest BCUT2D eigenvalue weighted by Crippen LogP contribution is -2.37. The Morgan fingerprint density at radius 1 is 1.14 bits per heavy atom. The molecule has 1 N–H and O–H groups in total. The van der Waals surface area contributed by atoms with Crippen molar-refractivity contribution in [3.63, 3.8) is 0 Å². The van der Waals surface area contributed by atoms with Crippen LogP contribution < -0.4 is 10.2 Å². The third kappa shape index (κ3) is 2.31. The largest absolute Gasteiger partial charge is 0.378 e. The number of carbonyl (C=O) groups is 1. The maximum absolute atomic E-state index is 12.2. The van der Waals surface area contributed by atoms with Crippen LogP contribution in [0.2, 0.25) is 0 Å². The van der Waals surface area contributed by atoms with E-state index in [1.807, 2.05) is 4.68 Å². The highest BCUT2D eigenvalue weighted by Crippen LogP contribution is 2.29. The van der Waals surface area contributed by atoms with Crippen molar-refractivity contribution in [2.75, 3.05) is 36.5 Å². The fourth-order valence-electron chi connectivity index (χ4n) is 3.11. The molecule has 0 aromatic carbocycles. The van der Waals surface area contributed by atoms with Gasteiger partial charge in [0.2, 0.25) is 11.9 Å². The molecule has 1 aromatic rings. The van der Waals surface area contributed by atoms with Crippen molar-refractivity contribution in [3.05, 3.63) is 11.3 Å². The zero-order valence-corrected chi connectivity index (χ0v) is 12.0. The second-order valence-corrected chi connectivity index (χ2v) is 5.73. The number of aromatic nitrogens is 3. The van der Waals surface area contributed by atoms with E-state index in [-0.39, 0.29) is 5.78 Å². The Kier molecular flexibility index (Phi) is 3.14. The average molecular weight is 289 g/mol. The van der Waals surface area contributed by atoms with Crippen LogP contribution in [0.4, 0.5) is 11.9 Å². The van der Waals surface area contributed by atoms with Gasteiger partial charge in [-0.2, -0.15) is 4.98 Å². The van der Waals surface area contributed by atoms with Crippen LogP contribution in [-0.2, 0) is 16.1 Å². The molecule has 0 amide bonds. The molecule has 1 aromatic heterocycles. The summed E-state index contributed by atoms with van der Waals surface area (Å²) in [4.78, 5) is 18.8. The molecular formula is C14H19N5O2. The van der Waals surface area contributed by atoms with Crippen molar-refractivity contribution in [1.29, 1.82) is 0 Å². The molecular weight excluding hydrogens is 270 g/mol. The first-order valence-electron chi connectivity index (χ1n) is 7.61. The predicted molar refractivity (Wildman–Crippen MR) is 77.2 cm³/mol. The highest BCUT2D eigenvalue weighted by Gasteiger charge is 2.27. The molecule has 1 fully saturated rings. The number of allylic oxidation sites excluding steroid dienone is 2. The maximum Gasteiger partial charge on any atom is 0.246 e. The molecule has 0 radical (unpaired) electrons. The summed E-state index contributed by atoms with van der Waals surface area (Å²) in [6.45, 7) is 3.74. The molecule has 1 saturated heterocycles. The number of morpholine rings is 1. The summed E-state index contributed by atoms with van der Waals surface area (Å²) in [5, 5.41) is 7.80. The van der Waals surface area contributed by atoms with Crippen LogP contribution in [0.25, 0.3) is 0 Å². The SMILES string of the molecule is O=C1CCCCC2=C1Nc1nc(N3CCOCC3)nn1C2. The molecule has 0 atom stereocenters. The Balaban J connectivity index is 1.60. The van der Waals surface area contributed by atoms with Crippen LogP contribution in [0.15, 0.2) is 11.3 Å². The van der Waals surface area contributed by atoms with Gasteiger partial charge in [0.05, 0.1) is 25.5 Å². The summed E-state index contributed by atoms with van der Waals surface area (Å²) < 4.78 is 7.23. The number of hydrogen-bond donors (Lipinski definition) is 1. The fourth-order valence-corrected chi connectivity index (χ4v) is 3.11. The molecule has 4 rings (SSSR count). The van der Waals surface area contributed by atoms with Gasteiger partial charge in [0.1, 0.15) is 0 Å². The first-order valence-corrected chi connectivity index (χ1v) is 7.61. The van der Waals surface area contributed by atoms with Crippen molar-refractivity contribution < 1.29 is 9.53 Å². The Hall–Kier alpha value is -1.89. The molecule has 112 valence electrons. The van der Waals surface area contributed by atoms with E-state index >= 15 is 0 Å². The van der Waals surface area contributed by atoms with E-state index in [1.165, 1.54) is 5.57 Å². The molecule has 7 heteroatoms. The molecule has 0 spiro atoms. The molecule has 7 nitrogen and oxygen atoms in total. The van der Waals surface area contributed by atoms with Gasteiger partial charge in [-0.25, -0.2) is 4.68 Å². The lowest BCUT2D eigenvalue weighted by molar-refractivity contribution is -0.115. The molecule has 2 aliphatic heterocycles. The van der Waals surface area contributed by atoms with Gasteiger partial charge in [0, 0.05) is 19.5 Å². The van der Waals surface area contributed by atoms with Crippen LogP contribution in [0.1, 0.15) is 25.7 Å². The Bertz CT molecular complexity index is 601. The van der Waals surface area contributed by atoms with Crippen molar-refractivity contribution in [2.24, 2.45) is 0 Å². The second-order valence-electron chi connectivity index (χ2n) is 5.73. The zero-order valence-electron chi connectivity index (χ0n) is 12.0. The minimum Gasteiger partial charge on any atom is -0.378 e. The van der Waals surface area contributed by atoms with Gasteiger partial charge in [0.25, 0.3) is 0 Å². The Labute approximate surface area is 123 Å². The van der Waals surface area contributed by atoms with Gasteiger partial charge in [0.15, 0.2) is 5.78 Å². The van der Waals surface area contributed by atoms with Gasteiger partial charge < -0.3 is 15.0 Å². The lowest BCUT2D eigenvalue weighted by Gasteiger charge is -2.25. The number of ketones is 1. The number of fused-ring (bicyclic) bond motifs is 1. The van der Waals surface area contributed by atoms with E-state index in [2.05, 4.69) is 20.3 Å². The second kappa shape index (κ2) is 5.14. The lowest BCUT2D eigenvalue weighted by atomic mass is 10.1. The van der Waals surface area contributed by atoms with Crippen LogP contribution in [-0.4, -0.2) is 46.9 Å². The Morgan fingerprint density at radius 3 is 2.81 bits per heavy atom. The summed E-state index contributed by atoms with van der Waals surface area (Å²) in [7, 11) is 0. The summed E-state index contributed by atoms with van der Waals surface area (Å²) in [6.07, 6.45) is 3.66. The first-order chi connectivity index (χ1) is 10.3. The molecule has 21 heavy (non-hydrogen) atoms. The number of nitrogens with zero attached hydrogens (tertiary/aromatic N) is 4. The number of ether oxygens (including phenoxy) is 1. The van der Waals surface area contributed by atoms with Crippen molar-refractivity contribution in [2.45, 2.75) is 32.2 Å². The van der Waals surface area contributed by atoms with E-state index in [0.717, 1.165) is 44.0 Å². The summed E-state index contributed by atoms with van der Waals surface area (Å²) in [6, 6.07) is 0. The quantitative estimate of drug-likeness (QED) is 0.829. The van der Waals surface area contributed by atoms with Gasteiger partial charge in [-0.3, -0.25) is 4.79 Å². The minimum atomic E-state index is 0.213. The molecule has 0 unspecified atom stereocenters. The number of carbonyl (C=O) groups excluding carboxylic acids is 1. The van der Waals surface area contributed by atoms with E-state index in [1.54, 1.807) is 0 Å². The Morgan fingerprint density at radius 2 is 1.95 bits per heavy atom. The van der Waals surface area contributed by atoms with Crippen LogP contribution >= 0.6 is 0 Å². The summed E-state index contributed by atoms with van der Waals surface area (Å²) >= 11 is 0. The first kappa shape index (κ1) is 12.8. The number of rotatable bonds is 1. The molecule has 1 aliphatic carbocycles. The van der Waals surface area contributed by atoms with Crippen LogP contribution in [0, 0.1) is 0 Å². The standard InChI is InChI=1S/C14H19N5O2/c20-11-4-2-1-3-10-9-19-13(15-12(10)11)16-14(17-19)18-5-7-21-8-6-18/h1-9H2,(H,15,16,17). The third-order valence-electron chi connectivity index (χ3n) is 4.30. The van der Waals surface area contributed by atoms with Crippen LogP contribution in [0.3, 0.4) is 0 Å². The van der Waals surface area contributed by atoms with Crippen LogP contribution in [0.5, 0.6) is 0 Å². The van der Waals surface area contributed by atoms with Crippen molar-refractivity contribution in [1.82, 2.24) is 14.8 Å². The zero-order chi connectivity index (χ0) is 14.2. The number of anilines is 2. The highest BCUT2D eigenvalue weighted by molar-refractivity contribution is 5.99. The number of Topliss-reactive ketones (excluding diaryl/α,β-unsaturated/α-hetero) is 1. The maximum atomic E-state index is 12.2. The monoisotopic (exact) mass is 289 g/mol. The number of nitrogens with one attached hydrogen (secondary N) is 1. The molecule has 3 aliphatic rings. The molecule has 0 saturated carbocycles. The summed E-state index contributed by atoms with van der Waals surface area (Å²) in [5.41, 5.74) is 1.93. The van der Waals surface area contributed by atoms with E-state index < -0.39 is 0 Å². The topological polar surface area (TPSA) is 72.3 Å². The number of hydrogen-bond acceptors (Lipinski definition) is 6. The normalized spacial score (nSPS) is 22.5. The minimum absolute atomic E-state index is 0.213. The highest BCUT2D eigenvalue weighted by atomic mass is 16.5. The smallest absolute Gasteiger partial charge is 0.246 e. The van der Waals surface area contributed by atoms with Gasteiger partial charge >= 0.3 is 0 Å². The molecule has 3 heterocycles. The van der Waals surface area contributed by atoms with E-state index in [9.17, 15) is 4.79 Å². The van der Waals surface area contributed by atoms with E-state index in [4.69, 9.17) is 4.74 Å². The summed E-state index contributed by atoms with van der Waals surface area (Å²) in [5.74, 6) is 1.63. The third-order valence-corrected chi connectivity index (χ3v) is 4.30. The average Bonchev–Trinajstić information content (AvgIpc) is 2.85. The van der Waals surface area contributed by atoms with Gasteiger partial charge in [-0.1, -0.05) is 0 Å². The predicted octanol–water partition coefficient (Wildman–Crippen LogP) is 0.937. The van der Waals surface area contributed by atoms with Gasteiger partial charge in [-0.05, 0) is 24.8 Å².